The summed E-state index contributed by atoms with van der Waals surface area (Å²) in [4.78, 5) is 12.8. The fraction of sp³-hybridized carbons (Fsp3) is 0.0833. The average Bonchev–Trinajstić information content (AvgIpc) is 3.32. The maximum atomic E-state index is 13.0. The molecular weight excluding hydrogens is 476 g/mol. The van der Waals surface area contributed by atoms with Gasteiger partial charge in [-0.3, -0.25) is 9.52 Å². The van der Waals surface area contributed by atoms with Gasteiger partial charge in [-0.2, -0.15) is 5.10 Å². The van der Waals surface area contributed by atoms with Crippen molar-refractivity contribution in [1.82, 2.24) is 9.78 Å². The van der Waals surface area contributed by atoms with Crippen LogP contribution in [0.3, 0.4) is 0 Å². The molecule has 0 aliphatic heterocycles. The quantitative estimate of drug-likeness (QED) is 0.379. The van der Waals surface area contributed by atoms with Gasteiger partial charge < -0.3 is 10.1 Å². The number of hydrogen-bond acceptors (Lipinski definition) is 5. The predicted octanol–water partition coefficient (Wildman–Crippen LogP) is 4.90. The van der Waals surface area contributed by atoms with Crippen molar-refractivity contribution < 1.29 is 17.9 Å². The Kier molecular flexibility index (Phi) is 6.58. The lowest BCUT2D eigenvalue weighted by molar-refractivity contribution is 0.102. The van der Waals surface area contributed by atoms with Gasteiger partial charge in [0, 0.05) is 11.9 Å². The average molecular weight is 497 g/mol. The largest absolute Gasteiger partial charge is 0.497 e. The second-order valence-electron chi connectivity index (χ2n) is 7.36. The first kappa shape index (κ1) is 23.3. The molecule has 0 saturated carbocycles. The number of nitrogens with one attached hydrogen (secondary N) is 2. The van der Waals surface area contributed by atoms with Crippen molar-refractivity contribution in [3.8, 4) is 11.4 Å². The number of aromatic nitrogens is 2. The first-order valence-corrected chi connectivity index (χ1v) is 12.0. The normalized spacial score (nSPS) is 11.1. The zero-order valence-electron chi connectivity index (χ0n) is 18.3. The number of carbonyl (C=O) groups excluding carboxylic acids is 1. The fourth-order valence-corrected chi connectivity index (χ4v) is 4.82. The van der Waals surface area contributed by atoms with E-state index in [-0.39, 0.29) is 21.3 Å². The first-order chi connectivity index (χ1) is 16.3. The van der Waals surface area contributed by atoms with E-state index in [4.69, 9.17) is 16.3 Å². The minimum atomic E-state index is -3.94. The molecule has 3 aromatic carbocycles. The van der Waals surface area contributed by atoms with Crippen molar-refractivity contribution in [3.05, 3.63) is 95.3 Å². The van der Waals surface area contributed by atoms with Crippen molar-refractivity contribution >= 4 is 38.9 Å². The minimum absolute atomic E-state index is 0.0222. The molecular formula is C24H21ClN4O4S. The summed E-state index contributed by atoms with van der Waals surface area (Å²) >= 11 is 6.09. The number of ether oxygens (including phenoxy) is 1. The molecule has 0 bridgehead atoms. The smallest absolute Gasteiger partial charge is 0.276 e. The number of carbonyl (C=O) groups is 1. The van der Waals surface area contributed by atoms with Crippen LogP contribution in [0, 0.1) is 6.92 Å². The molecule has 4 rings (SSSR count). The van der Waals surface area contributed by atoms with E-state index in [2.05, 4.69) is 15.1 Å². The Morgan fingerprint density at radius 1 is 1.03 bits per heavy atom. The lowest BCUT2D eigenvalue weighted by Gasteiger charge is -2.13. The van der Waals surface area contributed by atoms with Gasteiger partial charge in [-0.25, -0.2) is 13.1 Å². The Balaban J connectivity index is 1.53. The Morgan fingerprint density at radius 2 is 1.76 bits per heavy atom. The van der Waals surface area contributed by atoms with Crippen LogP contribution in [0.2, 0.25) is 5.02 Å². The molecule has 1 heterocycles. The standard InChI is InChI=1S/C24H21ClN4O4S/c1-16-7-8-17(15-23(16)34(31,32)28-21-6-4-3-5-20(21)25)26-24(30)22-13-14-29(27-22)18-9-11-19(33-2)12-10-18/h3-15,28H,1-2H3,(H,26,30). The van der Waals surface area contributed by atoms with Crippen LogP contribution in [0.4, 0.5) is 11.4 Å². The maximum absolute atomic E-state index is 13.0. The molecule has 0 radical (unpaired) electrons. The van der Waals surface area contributed by atoms with Crippen LogP contribution in [0.25, 0.3) is 5.69 Å². The molecule has 0 unspecified atom stereocenters. The summed E-state index contributed by atoms with van der Waals surface area (Å²) < 4.78 is 35.2. The third-order valence-electron chi connectivity index (χ3n) is 5.01. The molecule has 0 spiro atoms. The number of halogens is 1. The maximum Gasteiger partial charge on any atom is 0.276 e. The summed E-state index contributed by atoms with van der Waals surface area (Å²) in [5.74, 6) is 0.238. The van der Waals surface area contributed by atoms with E-state index in [0.717, 1.165) is 5.69 Å². The summed E-state index contributed by atoms with van der Waals surface area (Å²) in [5, 5.41) is 7.29. The van der Waals surface area contributed by atoms with Gasteiger partial charge in [-0.15, -0.1) is 0 Å². The fourth-order valence-electron chi connectivity index (χ4n) is 3.23. The summed E-state index contributed by atoms with van der Waals surface area (Å²) in [5.41, 5.74) is 2.03. The molecule has 0 saturated heterocycles. The lowest BCUT2D eigenvalue weighted by Crippen LogP contribution is -2.17. The van der Waals surface area contributed by atoms with Gasteiger partial charge in [-0.05, 0) is 67.1 Å². The number of amides is 1. The van der Waals surface area contributed by atoms with E-state index in [1.807, 2.05) is 12.1 Å². The molecule has 34 heavy (non-hydrogen) atoms. The molecule has 0 atom stereocenters. The highest BCUT2D eigenvalue weighted by Crippen LogP contribution is 2.27. The van der Waals surface area contributed by atoms with Crippen LogP contribution in [0.1, 0.15) is 16.1 Å². The molecule has 174 valence electrons. The summed E-state index contributed by atoms with van der Waals surface area (Å²) in [6, 6.07) is 20.0. The number of sulfonamides is 1. The number of methoxy groups -OCH3 is 1. The molecule has 0 aliphatic carbocycles. The Hall–Kier alpha value is -3.82. The second-order valence-corrected chi connectivity index (χ2v) is 9.42. The van der Waals surface area contributed by atoms with Crippen LogP contribution in [-0.2, 0) is 10.0 Å². The number of nitrogens with zero attached hydrogens (tertiary/aromatic N) is 2. The lowest BCUT2D eigenvalue weighted by atomic mass is 10.2. The molecule has 1 aromatic heterocycles. The number of para-hydroxylation sites is 1. The van der Waals surface area contributed by atoms with Crippen LogP contribution < -0.4 is 14.8 Å². The third kappa shape index (κ3) is 5.05. The Labute approximate surface area is 202 Å². The van der Waals surface area contributed by atoms with Gasteiger partial charge in [0.2, 0.25) is 0 Å². The predicted molar refractivity (Wildman–Crippen MR) is 132 cm³/mol. The van der Waals surface area contributed by atoms with Crippen LogP contribution in [0.15, 0.2) is 83.9 Å². The molecule has 1 amide bonds. The van der Waals surface area contributed by atoms with Crippen molar-refractivity contribution in [3.63, 3.8) is 0 Å². The van der Waals surface area contributed by atoms with Gasteiger partial charge in [0.05, 0.1) is 28.4 Å². The highest BCUT2D eigenvalue weighted by atomic mass is 35.5. The van der Waals surface area contributed by atoms with Gasteiger partial charge in [0.1, 0.15) is 5.75 Å². The highest BCUT2D eigenvalue weighted by Gasteiger charge is 2.20. The van der Waals surface area contributed by atoms with Crippen LogP contribution in [-0.4, -0.2) is 31.2 Å². The van der Waals surface area contributed by atoms with Crippen LogP contribution >= 0.6 is 11.6 Å². The van der Waals surface area contributed by atoms with Crippen LogP contribution in [0.5, 0.6) is 5.75 Å². The van der Waals surface area contributed by atoms with E-state index in [9.17, 15) is 13.2 Å². The molecule has 8 nitrogen and oxygen atoms in total. The number of hydrogen-bond donors (Lipinski definition) is 2. The highest BCUT2D eigenvalue weighted by molar-refractivity contribution is 7.92. The van der Waals surface area contributed by atoms with E-state index >= 15 is 0 Å². The molecule has 4 aromatic rings. The van der Waals surface area contributed by atoms with E-state index < -0.39 is 15.9 Å². The summed E-state index contributed by atoms with van der Waals surface area (Å²) in [6.45, 7) is 1.67. The summed E-state index contributed by atoms with van der Waals surface area (Å²) in [7, 11) is -2.36. The minimum Gasteiger partial charge on any atom is -0.497 e. The SMILES string of the molecule is COc1ccc(-n2ccc(C(=O)Nc3ccc(C)c(S(=O)(=O)Nc4ccccc4Cl)c3)n2)cc1. The monoisotopic (exact) mass is 496 g/mol. The molecule has 0 fully saturated rings. The Bertz CT molecular complexity index is 1450. The number of aryl methyl sites for hydroxylation is 1. The van der Waals surface area contributed by atoms with Crippen molar-refractivity contribution in [2.75, 3.05) is 17.1 Å². The number of rotatable bonds is 7. The van der Waals surface area contributed by atoms with Gasteiger partial charge in [0.25, 0.3) is 15.9 Å². The molecule has 2 N–H and O–H groups in total. The zero-order chi connectivity index (χ0) is 24.3. The van der Waals surface area contributed by atoms with E-state index in [1.165, 1.54) is 6.07 Å². The zero-order valence-corrected chi connectivity index (χ0v) is 19.9. The summed E-state index contributed by atoms with van der Waals surface area (Å²) in [6.07, 6.45) is 1.66. The molecule has 0 aliphatic rings. The van der Waals surface area contributed by atoms with Gasteiger partial charge in [0.15, 0.2) is 5.69 Å². The second kappa shape index (κ2) is 9.58. The third-order valence-corrected chi connectivity index (χ3v) is 6.85. The topological polar surface area (TPSA) is 102 Å². The van der Waals surface area contributed by atoms with Crippen molar-refractivity contribution in [2.45, 2.75) is 11.8 Å². The van der Waals surface area contributed by atoms with Crippen molar-refractivity contribution in [1.29, 1.82) is 0 Å². The Morgan fingerprint density at radius 3 is 2.47 bits per heavy atom. The van der Waals surface area contributed by atoms with Gasteiger partial charge >= 0.3 is 0 Å². The number of anilines is 2. The molecule has 10 heteroatoms. The van der Waals surface area contributed by atoms with Crippen molar-refractivity contribution in [2.24, 2.45) is 0 Å². The van der Waals surface area contributed by atoms with E-state index in [1.54, 1.807) is 79.5 Å². The number of benzene rings is 3. The van der Waals surface area contributed by atoms with E-state index in [0.29, 0.717) is 17.0 Å². The first-order valence-electron chi connectivity index (χ1n) is 10.2. The van der Waals surface area contributed by atoms with Gasteiger partial charge in [-0.1, -0.05) is 29.8 Å².